The van der Waals surface area contributed by atoms with Crippen molar-refractivity contribution >= 4 is 23.2 Å². The minimum atomic E-state index is -0.260. The van der Waals surface area contributed by atoms with Crippen LogP contribution in [0.25, 0.3) is 11.3 Å². The largest absolute Gasteiger partial charge is 0.333 e. The van der Waals surface area contributed by atoms with E-state index in [-0.39, 0.29) is 30.0 Å². The standard InChI is InChI=1S/C21H26N4O3S/c26-18-12-16(15-8-11-29-14-15)22-21(23-18)17-6-3-5-10-25(17)20(28)13-24-9-4-1-2-7-19(24)27/h8,11-12,14,17H,1-7,9-10,13H2,(H,22,23,26)/t17-/m0/s1. The lowest BCUT2D eigenvalue weighted by Crippen LogP contribution is -2.46. The van der Waals surface area contributed by atoms with E-state index in [1.165, 1.54) is 6.07 Å². The van der Waals surface area contributed by atoms with Crippen molar-refractivity contribution in [3.05, 3.63) is 39.1 Å². The average molecular weight is 415 g/mol. The number of H-pyrrole nitrogens is 1. The molecule has 2 aromatic heterocycles. The van der Waals surface area contributed by atoms with Crippen molar-refractivity contribution < 1.29 is 9.59 Å². The highest BCUT2D eigenvalue weighted by atomic mass is 32.1. The molecule has 2 saturated heterocycles. The quantitative estimate of drug-likeness (QED) is 0.833. The summed E-state index contributed by atoms with van der Waals surface area (Å²) in [7, 11) is 0. The number of aromatic nitrogens is 2. The first-order valence-corrected chi connectivity index (χ1v) is 11.3. The number of piperidine rings is 1. The monoisotopic (exact) mass is 414 g/mol. The second kappa shape index (κ2) is 8.90. The molecule has 0 aliphatic carbocycles. The molecule has 4 heterocycles. The van der Waals surface area contributed by atoms with Crippen LogP contribution >= 0.6 is 11.3 Å². The molecule has 0 aromatic carbocycles. The Bertz CT molecular complexity index is 924. The fourth-order valence-electron chi connectivity index (χ4n) is 4.17. The van der Waals surface area contributed by atoms with Gasteiger partial charge >= 0.3 is 0 Å². The molecule has 7 nitrogen and oxygen atoms in total. The number of likely N-dealkylation sites (tertiary alicyclic amines) is 2. The molecule has 2 amide bonds. The van der Waals surface area contributed by atoms with Gasteiger partial charge in [0.1, 0.15) is 5.82 Å². The van der Waals surface area contributed by atoms with Crippen molar-refractivity contribution in [1.29, 1.82) is 0 Å². The zero-order valence-corrected chi connectivity index (χ0v) is 17.2. The Morgan fingerprint density at radius 2 is 2.03 bits per heavy atom. The molecule has 1 N–H and O–H groups in total. The van der Waals surface area contributed by atoms with Crippen LogP contribution in [0.1, 0.15) is 56.8 Å². The van der Waals surface area contributed by atoms with Crippen molar-refractivity contribution in [3.8, 4) is 11.3 Å². The van der Waals surface area contributed by atoms with E-state index >= 15 is 0 Å². The zero-order valence-electron chi connectivity index (χ0n) is 16.4. The summed E-state index contributed by atoms with van der Waals surface area (Å²) in [5.41, 5.74) is 1.33. The van der Waals surface area contributed by atoms with E-state index in [1.807, 2.05) is 16.8 Å². The number of thiophene rings is 1. The maximum absolute atomic E-state index is 13.1. The molecule has 0 bridgehead atoms. The highest BCUT2D eigenvalue weighted by molar-refractivity contribution is 7.08. The lowest BCUT2D eigenvalue weighted by molar-refractivity contribution is -0.142. The van der Waals surface area contributed by atoms with Gasteiger partial charge in [-0.1, -0.05) is 6.42 Å². The first kappa shape index (κ1) is 19.8. The first-order chi connectivity index (χ1) is 14.1. The van der Waals surface area contributed by atoms with Gasteiger partial charge in [-0.2, -0.15) is 11.3 Å². The molecule has 0 saturated carbocycles. The molecule has 154 valence electrons. The Labute approximate surface area is 173 Å². The minimum Gasteiger partial charge on any atom is -0.333 e. The summed E-state index contributed by atoms with van der Waals surface area (Å²) in [4.78, 5) is 48.7. The number of hydrogen-bond acceptors (Lipinski definition) is 5. The summed E-state index contributed by atoms with van der Waals surface area (Å²) >= 11 is 1.55. The van der Waals surface area contributed by atoms with Gasteiger partial charge in [0.15, 0.2) is 0 Å². The molecular weight excluding hydrogens is 388 g/mol. The molecule has 29 heavy (non-hydrogen) atoms. The van der Waals surface area contributed by atoms with Crippen LogP contribution in [-0.4, -0.2) is 51.2 Å². The normalized spacial score (nSPS) is 20.6. The SMILES string of the molecule is O=C1CCCCCN1CC(=O)N1CCCC[C@H]1c1nc(-c2ccsc2)cc(=O)[nH]1. The van der Waals surface area contributed by atoms with Gasteiger partial charge in [0.05, 0.1) is 18.3 Å². The lowest BCUT2D eigenvalue weighted by atomic mass is 10.0. The maximum Gasteiger partial charge on any atom is 0.251 e. The molecule has 0 spiro atoms. The van der Waals surface area contributed by atoms with Crippen LogP contribution in [0, 0.1) is 0 Å². The van der Waals surface area contributed by atoms with Crippen molar-refractivity contribution in [1.82, 2.24) is 19.8 Å². The summed E-state index contributed by atoms with van der Waals surface area (Å²) < 4.78 is 0. The summed E-state index contributed by atoms with van der Waals surface area (Å²) in [5.74, 6) is 0.540. The van der Waals surface area contributed by atoms with Gasteiger partial charge in [0.25, 0.3) is 5.56 Å². The van der Waals surface area contributed by atoms with Gasteiger partial charge < -0.3 is 14.8 Å². The summed E-state index contributed by atoms with van der Waals surface area (Å²) in [6.45, 7) is 1.38. The number of amides is 2. The third kappa shape index (κ3) is 4.58. The van der Waals surface area contributed by atoms with Crippen molar-refractivity contribution in [3.63, 3.8) is 0 Å². The van der Waals surface area contributed by atoms with E-state index in [9.17, 15) is 14.4 Å². The smallest absolute Gasteiger partial charge is 0.251 e. The molecule has 2 aliphatic rings. The van der Waals surface area contributed by atoms with Gasteiger partial charge in [0.2, 0.25) is 11.8 Å². The van der Waals surface area contributed by atoms with Gasteiger partial charge in [-0.05, 0) is 43.6 Å². The number of carbonyl (C=O) groups excluding carboxylic acids is 2. The topological polar surface area (TPSA) is 86.4 Å². The van der Waals surface area contributed by atoms with Gasteiger partial charge in [0, 0.05) is 36.5 Å². The van der Waals surface area contributed by atoms with Crippen LogP contribution in [0.4, 0.5) is 0 Å². The summed E-state index contributed by atoms with van der Waals surface area (Å²) in [6, 6.07) is 3.17. The highest BCUT2D eigenvalue weighted by Crippen LogP contribution is 2.30. The average Bonchev–Trinajstić information content (AvgIpc) is 3.19. The Balaban J connectivity index is 1.57. The Morgan fingerprint density at radius 3 is 2.86 bits per heavy atom. The number of nitrogens with one attached hydrogen (secondary N) is 1. The van der Waals surface area contributed by atoms with E-state index in [1.54, 1.807) is 21.1 Å². The molecule has 8 heteroatoms. The Morgan fingerprint density at radius 1 is 1.17 bits per heavy atom. The molecule has 1 atom stereocenters. The van der Waals surface area contributed by atoms with Crippen molar-refractivity contribution in [2.45, 2.75) is 51.0 Å². The van der Waals surface area contributed by atoms with Crippen LogP contribution in [0.3, 0.4) is 0 Å². The van der Waals surface area contributed by atoms with Gasteiger partial charge in [-0.3, -0.25) is 14.4 Å². The third-order valence-electron chi connectivity index (χ3n) is 5.71. The van der Waals surface area contributed by atoms with E-state index in [2.05, 4.69) is 9.97 Å². The maximum atomic E-state index is 13.1. The fraction of sp³-hybridized carbons (Fsp3) is 0.524. The summed E-state index contributed by atoms with van der Waals surface area (Å²) in [5, 5.41) is 3.91. The second-order valence-corrected chi connectivity index (χ2v) is 8.53. The number of aromatic amines is 1. The van der Waals surface area contributed by atoms with Crippen LogP contribution in [0.5, 0.6) is 0 Å². The molecule has 2 fully saturated rings. The molecule has 2 aliphatic heterocycles. The zero-order chi connectivity index (χ0) is 20.2. The van der Waals surface area contributed by atoms with E-state index in [0.717, 1.165) is 44.1 Å². The second-order valence-electron chi connectivity index (χ2n) is 7.75. The lowest BCUT2D eigenvalue weighted by Gasteiger charge is -2.36. The van der Waals surface area contributed by atoms with Gasteiger partial charge in [-0.25, -0.2) is 4.98 Å². The van der Waals surface area contributed by atoms with Crippen LogP contribution in [0.15, 0.2) is 27.7 Å². The van der Waals surface area contributed by atoms with Crippen molar-refractivity contribution in [2.75, 3.05) is 19.6 Å². The third-order valence-corrected chi connectivity index (χ3v) is 6.40. The predicted octanol–water partition coefficient (Wildman–Crippen LogP) is 2.95. The molecule has 4 rings (SSSR count). The Hall–Kier alpha value is -2.48. The minimum absolute atomic E-state index is 0.0615. The van der Waals surface area contributed by atoms with Crippen LogP contribution in [-0.2, 0) is 9.59 Å². The number of hydrogen-bond donors (Lipinski definition) is 1. The van der Waals surface area contributed by atoms with E-state index < -0.39 is 0 Å². The van der Waals surface area contributed by atoms with Crippen molar-refractivity contribution in [2.24, 2.45) is 0 Å². The van der Waals surface area contributed by atoms with Gasteiger partial charge in [-0.15, -0.1) is 0 Å². The van der Waals surface area contributed by atoms with Crippen LogP contribution < -0.4 is 5.56 Å². The number of carbonyl (C=O) groups is 2. The predicted molar refractivity (Wildman–Crippen MR) is 112 cm³/mol. The van der Waals surface area contributed by atoms with Crippen LogP contribution in [0.2, 0.25) is 0 Å². The first-order valence-electron chi connectivity index (χ1n) is 10.3. The van der Waals surface area contributed by atoms with E-state index in [0.29, 0.717) is 31.0 Å². The highest BCUT2D eigenvalue weighted by Gasteiger charge is 2.32. The molecule has 2 aromatic rings. The molecule has 0 unspecified atom stereocenters. The number of rotatable bonds is 4. The Kier molecular flexibility index (Phi) is 6.08. The summed E-state index contributed by atoms with van der Waals surface area (Å²) in [6.07, 6.45) is 6.05. The van der Waals surface area contributed by atoms with E-state index in [4.69, 9.17) is 0 Å². The number of nitrogens with zero attached hydrogens (tertiary/aromatic N) is 3. The molecule has 0 radical (unpaired) electrons. The fourth-order valence-corrected chi connectivity index (χ4v) is 4.82. The molecular formula is C21H26N4O3S.